The van der Waals surface area contributed by atoms with Gasteiger partial charge in [-0.3, -0.25) is 24.1 Å². The maximum Gasteiger partial charge on any atom is 0.255 e. The molecule has 3 aliphatic carbocycles. The second-order valence-electron chi connectivity index (χ2n) is 10.4. The molecule has 3 aliphatic rings. The molecular weight excluding hydrogens is 482 g/mol. The number of phenolic OH excluding ortho intramolecular Hbond substituents is 1. The van der Waals surface area contributed by atoms with Crippen LogP contribution in [0.15, 0.2) is 29.0 Å². The van der Waals surface area contributed by atoms with Crippen LogP contribution in [0.25, 0.3) is 5.76 Å². The highest BCUT2D eigenvalue weighted by molar-refractivity contribution is 6.24. The van der Waals surface area contributed by atoms with Crippen molar-refractivity contribution in [2.45, 2.75) is 30.9 Å². The number of rotatable bonds is 6. The summed E-state index contributed by atoms with van der Waals surface area (Å²) < 4.78 is 0. The zero-order chi connectivity index (χ0) is 27.6. The summed E-state index contributed by atoms with van der Waals surface area (Å²) in [7, 11) is 6.73. The summed E-state index contributed by atoms with van der Waals surface area (Å²) in [5.74, 6) is -7.41. The monoisotopic (exact) mass is 513 g/mol. The predicted octanol–water partition coefficient (Wildman–Crippen LogP) is 0.0984. The van der Waals surface area contributed by atoms with Gasteiger partial charge in [0.1, 0.15) is 22.8 Å². The molecule has 0 aromatic heterocycles. The van der Waals surface area contributed by atoms with Crippen molar-refractivity contribution in [3.05, 3.63) is 45.7 Å². The zero-order valence-electron chi connectivity index (χ0n) is 21.1. The summed E-state index contributed by atoms with van der Waals surface area (Å²) in [5.41, 5.74) is 2.09. The highest BCUT2D eigenvalue weighted by atomic mass is 16.3. The molecule has 11 nitrogen and oxygen atoms in total. The summed E-state index contributed by atoms with van der Waals surface area (Å²) >= 11 is 0. The summed E-state index contributed by atoms with van der Waals surface area (Å²) in [6.07, 6.45) is 0.234. The number of carbonyl (C=O) groups is 4. The number of hydrogen-bond donors (Lipinski definition) is 5. The maximum absolute atomic E-state index is 13.8. The molecule has 1 fully saturated rings. The van der Waals surface area contributed by atoms with E-state index >= 15 is 0 Å². The largest absolute Gasteiger partial charge is 0.508 e. The van der Waals surface area contributed by atoms with Gasteiger partial charge >= 0.3 is 0 Å². The average molecular weight is 514 g/mol. The van der Waals surface area contributed by atoms with Gasteiger partial charge in [0.25, 0.3) is 5.91 Å². The van der Waals surface area contributed by atoms with E-state index in [9.17, 15) is 39.6 Å². The Morgan fingerprint density at radius 2 is 1.76 bits per heavy atom. The van der Waals surface area contributed by atoms with Gasteiger partial charge in [0.2, 0.25) is 5.78 Å². The smallest absolute Gasteiger partial charge is 0.255 e. The van der Waals surface area contributed by atoms with E-state index < -0.39 is 58.0 Å². The fraction of sp³-hybridized carbons (Fsp3) is 0.462. The number of amides is 1. The van der Waals surface area contributed by atoms with Crippen LogP contribution >= 0.6 is 0 Å². The van der Waals surface area contributed by atoms with Crippen LogP contribution in [0.4, 0.5) is 0 Å². The molecule has 0 unspecified atom stereocenters. The van der Waals surface area contributed by atoms with Crippen LogP contribution in [0.3, 0.4) is 0 Å². The van der Waals surface area contributed by atoms with E-state index in [4.69, 9.17) is 5.73 Å². The molecule has 0 heterocycles. The van der Waals surface area contributed by atoms with E-state index in [-0.39, 0.29) is 41.9 Å². The lowest BCUT2D eigenvalue weighted by Gasteiger charge is -2.50. The number of aliphatic hydroxyl groups is 3. The van der Waals surface area contributed by atoms with Crippen molar-refractivity contribution in [2.24, 2.45) is 17.6 Å². The molecule has 4 atom stereocenters. The lowest BCUT2D eigenvalue weighted by atomic mass is 9.57. The number of Topliss-reactive ketones (excluding diaryl/α,β-unsaturated/α-hetero) is 3. The van der Waals surface area contributed by atoms with Crippen LogP contribution in [0.1, 0.15) is 34.3 Å². The molecule has 0 aliphatic heterocycles. The van der Waals surface area contributed by atoms with Crippen LogP contribution < -0.4 is 5.73 Å². The number of hydrogen-bond acceptors (Lipinski definition) is 10. The topological polar surface area (TPSA) is 182 Å². The molecule has 37 heavy (non-hydrogen) atoms. The Hall–Kier alpha value is -3.54. The fourth-order valence-corrected chi connectivity index (χ4v) is 5.97. The first-order valence-corrected chi connectivity index (χ1v) is 11.9. The number of likely N-dealkylation sites (N-methyl/N-ethyl adjacent to an activating group) is 1. The molecule has 0 bridgehead atoms. The molecule has 1 amide bonds. The number of primary amides is 1. The second kappa shape index (κ2) is 9.09. The van der Waals surface area contributed by atoms with Crippen molar-refractivity contribution >= 4 is 29.0 Å². The Balaban J connectivity index is 1.91. The fourth-order valence-electron chi connectivity index (χ4n) is 5.97. The predicted molar refractivity (Wildman–Crippen MR) is 132 cm³/mol. The first-order valence-electron chi connectivity index (χ1n) is 11.9. The second-order valence-corrected chi connectivity index (χ2v) is 10.4. The first kappa shape index (κ1) is 26.5. The molecule has 0 radical (unpaired) electrons. The molecule has 6 N–H and O–H groups in total. The molecule has 1 aromatic rings. The number of aromatic hydroxyl groups is 1. The number of benzene rings is 1. The number of fused-ring (bicyclic) bond motifs is 3. The number of aliphatic hydroxyl groups excluding tert-OH is 2. The van der Waals surface area contributed by atoms with E-state index in [0.717, 1.165) is 0 Å². The van der Waals surface area contributed by atoms with E-state index in [1.165, 1.54) is 31.1 Å². The summed E-state index contributed by atoms with van der Waals surface area (Å²) in [4.78, 5) is 55.3. The van der Waals surface area contributed by atoms with Crippen LogP contribution in [0.2, 0.25) is 0 Å². The Bertz CT molecular complexity index is 1290. The third kappa shape index (κ3) is 3.85. The van der Waals surface area contributed by atoms with Crippen LogP contribution in [-0.4, -0.2) is 99.9 Å². The molecular formula is C26H31N3O8. The molecule has 1 saturated carbocycles. The Labute approximate surface area is 213 Å². The normalized spacial score (nSPS) is 27.4. The van der Waals surface area contributed by atoms with Gasteiger partial charge in [-0.15, -0.1) is 0 Å². The van der Waals surface area contributed by atoms with Gasteiger partial charge in [0.05, 0.1) is 11.6 Å². The molecule has 0 saturated heterocycles. The van der Waals surface area contributed by atoms with Gasteiger partial charge < -0.3 is 31.1 Å². The zero-order valence-corrected chi connectivity index (χ0v) is 21.1. The summed E-state index contributed by atoms with van der Waals surface area (Å²) in [6, 6.07) is 1.57. The third-order valence-corrected chi connectivity index (χ3v) is 7.69. The van der Waals surface area contributed by atoms with E-state index in [1.54, 1.807) is 0 Å². The minimum absolute atomic E-state index is 0.0350. The van der Waals surface area contributed by atoms with Crippen LogP contribution in [0, 0.1) is 11.8 Å². The molecule has 4 rings (SSSR count). The van der Waals surface area contributed by atoms with Gasteiger partial charge in [0, 0.05) is 30.0 Å². The first-order chi connectivity index (χ1) is 17.2. The Morgan fingerprint density at radius 3 is 2.32 bits per heavy atom. The van der Waals surface area contributed by atoms with Crippen molar-refractivity contribution in [1.29, 1.82) is 0 Å². The van der Waals surface area contributed by atoms with Gasteiger partial charge in [-0.1, -0.05) is 0 Å². The molecule has 0 spiro atoms. The van der Waals surface area contributed by atoms with Crippen molar-refractivity contribution in [3.8, 4) is 5.75 Å². The lowest BCUT2D eigenvalue weighted by Crippen LogP contribution is -2.65. The molecule has 1 aromatic carbocycles. The summed E-state index contributed by atoms with van der Waals surface area (Å²) in [5, 5.41) is 44.3. The quantitative estimate of drug-likeness (QED) is 0.258. The number of ketones is 3. The average Bonchev–Trinajstić information content (AvgIpc) is 2.79. The van der Waals surface area contributed by atoms with E-state index in [0.29, 0.717) is 17.7 Å². The number of carbonyl (C=O) groups excluding carboxylic acids is 4. The standard InChI is InChI=1S/C26H31N3O8/c1-28(2)8-7-15(30)12-5-6-16(31)18-13(12)9-11-10-14-20(29(3)4)22(33)19(25(27)36)24(35)26(14,37)23(34)17(11)21(18)32/h5-6,11,14,20,31-32,35,37H,7-10H2,1-4H3,(H2,27,36)/t11-,14-,20-,26-/m1/s1. The van der Waals surface area contributed by atoms with Crippen LogP contribution in [-0.2, 0) is 20.8 Å². The number of nitrogens with two attached hydrogens (primary N) is 1. The SMILES string of the molecule is CN(C)CCC(=O)c1ccc(O)c2c1C[C@@H]1C[C@@H]3[C@@H](N(C)C)C(=O)C(C(N)=O)=C(O)[C@]3(O)C(=O)C1=C2O. The molecule has 11 heteroatoms. The van der Waals surface area contributed by atoms with Gasteiger partial charge in [-0.05, 0) is 64.6 Å². The molecule has 198 valence electrons. The van der Waals surface area contributed by atoms with Gasteiger partial charge in [0.15, 0.2) is 17.2 Å². The van der Waals surface area contributed by atoms with Gasteiger partial charge in [-0.2, -0.15) is 0 Å². The number of nitrogens with zero attached hydrogens (tertiary/aromatic N) is 2. The van der Waals surface area contributed by atoms with Crippen molar-refractivity contribution in [3.63, 3.8) is 0 Å². The lowest BCUT2D eigenvalue weighted by molar-refractivity contribution is -0.153. The van der Waals surface area contributed by atoms with E-state index in [2.05, 4.69) is 0 Å². The van der Waals surface area contributed by atoms with E-state index in [1.807, 2.05) is 19.0 Å². The maximum atomic E-state index is 13.8. The highest BCUT2D eigenvalue weighted by Gasteiger charge is 2.64. The van der Waals surface area contributed by atoms with Crippen LogP contribution in [0.5, 0.6) is 5.75 Å². The highest BCUT2D eigenvalue weighted by Crippen LogP contribution is 2.53. The minimum atomic E-state index is -2.70. The van der Waals surface area contributed by atoms with Crippen molar-refractivity contribution < 1.29 is 39.6 Å². The minimum Gasteiger partial charge on any atom is -0.508 e. The van der Waals surface area contributed by atoms with Gasteiger partial charge in [-0.25, -0.2) is 0 Å². The summed E-state index contributed by atoms with van der Waals surface area (Å²) in [6.45, 7) is 0.485. The number of phenols is 1. The van der Waals surface area contributed by atoms with Crippen molar-refractivity contribution in [1.82, 2.24) is 9.80 Å². The van der Waals surface area contributed by atoms with Crippen molar-refractivity contribution in [2.75, 3.05) is 34.7 Å². The Kier molecular flexibility index (Phi) is 6.51. The Morgan fingerprint density at radius 1 is 1.11 bits per heavy atom. The third-order valence-electron chi connectivity index (χ3n) is 7.69.